The smallest absolute Gasteiger partial charge is 0.0450 e. The van der Waals surface area contributed by atoms with Gasteiger partial charge < -0.3 is 5.73 Å². The van der Waals surface area contributed by atoms with Gasteiger partial charge in [0, 0.05) is 18.1 Å². The molecule has 2 nitrogen and oxygen atoms in total. The summed E-state index contributed by atoms with van der Waals surface area (Å²) in [6.07, 6.45) is 3.86. The lowest BCUT2D eigenvalue weighted by atomic mass is 9.97. The fourth-order valence-corrected chi connectivity index (χ4v) is 2.79. The van der Waals surface area contributed by atoms with Gasteiger partial charge in [-0.05, 0) is 57.2 Å². The van der Waals surface area contributed by atoms with E-state index in [4.69, 9.17) is 5.73 Å². The standard InChI is InChI=1S/C17H28N2/c1-5-14-6-8-16(9-7-14)17(18)13(3)19(4)12(2)15-10-11-15/h6-9,12-13,15,17H,5,10-11,18H2,1-4H3. The van der Waals surface area contributed by atoms with E-state index < -0.39 is 0 Å². The van der Waals surface area contributed by atoms with E-state index in [0.717, 1.165) is 12.3 Å². The summed E-state index contributed by atoms with van der Waals surface area (Å²) in [7, 11) is 2.22. The number of likely N-dealkylation sites (N-methyl/N-ethyl adjacent to an activating group) is 1. The molecule has 1 aromatic carbocycles. The minimum Gasteiger partial charge on any atom is -0.323 e. The molecule has 2 heteroatoms. The van der Waals surface area contributed by atoms with Crippen molar-refractivity contribution in [3.63, 3.8) is 0 Å². The maximum atomic E-state index is 6.45. The Morgan fingerprint density at radius 1 is 1.21 bits per heavy atom. The van der Waals surface area contributed by atoms with Crippen LogP contribution < -0.4 is 5.73 Å². The van der Waals surface area contributed by atoms with Gasteiger partial charge in [-0.2, -0.15) is 0 Å². The Hall–Kier alpha value is -0.860. The minimum atomic E-state index is 0.0945. The Morgan fingerprint density at radius 3 is 2.26 bits per heavy atom. The fourth-order valence-electron chi connectivity index (χ4n) is 2.79. The predicted molar refractivity (Wildman–Crippen MR) is 82.2 cm³/mol. The van der Waals surface area contributed by atoms with Gasteiger partial charge in [-0.25, -0.2) is 0 Å². The third-order valence-electron chi connectivity index (χ3n) is 4.88. The molecule has 1 aliphatic carbocycles. The van der Waals surface area contributed by atoms with Crippen molar-refractivity contribution >= 4 is 0 Å². The van der Waals surface area contributed by atoms with Gasteiger partial charge in [0.25, 0.3) is 0 Å². The number of hydrogen-bond acceptors (Lipinski definition) is 2. The third-order valence-corrected chi connectivity index (χ3v) is 4.88. The zero-order valence-electron chi connectivity index (χ0n) is 12.8. The van der Waals surface area contributed by atoms with Crippen molar-refractivity contribution in [2.24, 2.45) is 11.7 Å². The van der Waals surface area contributed by atoms with Gasteiger partial charge >= 0.3 is 0 Å². The molecule has 3 atom stereocenters. The second-order valence-electron chi connectivity index (χ2n) is 6.11. The summed E-state index contributed by atoms with van der Waals surface area (Å²) < 4.78 is 0. The van der Waals surface area contributed by atoms with Crippen LogP contribution in [0.4, 0.5) is 0 Å². The number of aryl methyl sites for hydroxylation is 1. The van der Waals surface area contributed by atoms with Crippen LogP contribution in [0.1, 0.15) is 50.8 Å². The molecule has 1 aromatic rings. The predicted octanol–water partition coefficient (Wildman–Crippen LogP) is 3.37. The molecule has 2 rings (SSSR count). The van der Waals surface area contributed by atoms with E-state index in [0.29, 0.717) is 12.1 Å². The Morgan fingerprint density at radius 2 is 1.79 bits per heavy atom. The molecule has 1 fully saturated rings. The summed E-state index contributed by atoms with van der Waals surface area (Å²) in [6, 6.07) is 9.90. The van der Waals surface area contributed by atoms with E-state index in [1.807, 2.05) is 0 Å². The van der Waals surface area contributed by atoms with Crippen molar-refractivity contribution in [3.8, 4) is 0 Å². The molecule has 0 amide bonds. The maximum absolute atomic E-state index is 6.45. The van der Waals surface area contributed by atoms with Crippen LogP contribution in [0.2, 0.25) is 0 Å². The first-order valence-corrected chi connectivity index (χ1v) is 7.61. The average molecular weight is 260 g/mol. The minimum absolute atomic E-state index is 0.0945. The summed E-state index contributed by atoms with van der Waals surface area (Å²) in [5, 5.41) is 0. The van der Waals surface area contributed by atoms with E-state index in [1.54, 1.807) is 0 Å². The number of nitrogens with zero attached hydrogens (tertiary/aromatic N) is 1. The van der Waals surface area contributed by atoms with Crippen LogP contribution >= 0.6 is 0 Å². The molecule has 0 bridgehead atoms. The molecule has 0 radical (unpaired) electrons. The first kappa shape index (κ1) is 14.5. The van der Waals surface area contributed by atoms with Gasteiger partial charge in [0.05, 0.1) is 0 Å². The van der Waals surface area contributed by atoms with Crippen LogP contribution in [0.3, 0.4) is 0 Å². The molecule has 1 aliphatic rings. The van der Waals surface area contributed by atoms with Crippen molar-refractivity contribution in [1.29, 1.82) is 0 Å². The van der Waals surface area contributed by atoms with Gasteiger partial charge in [-0.15, -0.1) is 0 Å². The molecule has 0 aliphatic heterocycles. The lowest BCUT2D eigenvalue weighted by Gasteiger charge is -2.34. The summed E-state index contributed by atoms with van der Waals surface area (Å²) in [6.45, 7) is 6.76. The summed E-state index contributed by atoms with van der Waals surface area (Å²) in [5.74, 6) is 0.891. The molecular weight excluding hydrogens is 232 g/mol. The number of nitrogens with two attached hydrogens (primary N) is 1. The van der Waals surface area contributed by atoms with Gasteiger partial charge in [-0.3, -0.25) is 4.90 Å². The number of rotatable bonds is 6. The lowest BCUT2D eigenvalue weighted by Crippen LogP contribution is -2.44. The number of hydrogen-bond donors (Lipinski definition) is 1. The summed E-state index contributed by atoms with van der Waals surface area (Å²) in [5.41, 5.74) is 9.08. The van der Waals surface area contributed by atoms with E-state index in [-0.39, 0.29) is 6.04 Å². The molecule has 106 valence electrons. The summed E-state index contributed by atoms with van der Waals surface area (Å²) >= 11 is 0. The topological polar surface area (TPSA) is 29.3 Å². The largest absolute Gasteiger partial charge is 0.323 e. The Bertz CT molecular complexity index is 394. The van der Waals surface area contributed by atoms with Crippen LogP contribution in [0.15, 0.2) is 24.3 Å². The molecular formula is C17H28N2. The van der Waals surface area contributed by atoms with E-state index in [9.17, 15) is 0 Å². The molecule has 3 unspecified atom stereocenters. The van der Waals surface area contributed by atoms with Crippen LogP contribution in [0, 0.1) is 5.92 Å². The first-order chi connectivity index (χ1) is 9.04. The van der Waals surface area contributed by atoms with Gasteiger partial charge in [-0.1, -0.05) is 31.2 Å². The molecule has 0 saturated heterocycles. The van der Waals surface area contributed by atoms with Crippen LogP contribution in [-0.4, -0.2) is 24.0 Å². The Balaban J connectivity index is 2.02. The SMILES string of the molecule is CCc1ccc(C(N)C(C)N(C)C(C)C2CC2)cc1. The van der Waals surface area contributed by atoms with Crippen molar-refractivity contribution in [1.82, 2.24) is 4.90 Å². The van der Waals surface area contributed by atoms with Gasteiger partial charge in [0.1, 0.15) is 0 Å². The highest BCUT2D eigenvalue weighted by molar-refractivity contribution is 5.25. The highest BCUT2D eigenvalue weighted by Gasteiger charge is 2.33. The maximum Gasteiger partial charge on any atom is 0.0450 e. The highest BCUT2D eigenvalue weighted by atomic mass is 15.2. The van der Waals surface area contributed by atoms with Crippen LogP contribution in [0.25, 0.3) is 0 Å². The van der Waals surface area contributed by atoms with Gasteiger partial charge in [0.2, 0.25) is 0 Å². The Labute approximate surface area is 118 Å². The highest BCUT2D eigenvalue weighted by Crippen LogP contribution is 2.36. The van der Waals surface area contributed by atoms with Crippen molar-refractivity contribution < 1.29 is 0 Å². The summed E-state index contributed by atoms with van der Waals surface area (Å²) in [4.78, 5) is 2.45. The normalized spacial score (nSPS) is 20.3. The van der Waals surface area contributed by atoms with E-state index in [2.05, 4.69) is 57.0 Å². The van der Waals surface area contributed by atoms with E-state index in [1.165, 1.54) is 24.0 Å². The molecule has 19 heavy (non-hydrogen) atoms. The average Bonchev–Trinajstić information content (AvgIpc) is 3.28. The fraction of sp³-hybridized carbons (Fsp3) is 0.647. The van der Waals surface area contributed by atoms with Crippen LogP contribution in [0.5, 0.6) is 0 Å². The van der Waals surface area contributed by atoms with Crippen molar-refractivity contribution in [3.05, 3.63) is 35.4 Å². The molecule has 1 saturated carbocycles. The monoisotopic (exact) mass is 260 g/mol. The second-order valence-corrected chi connectivity index (χ2v) is 6.11. The quantitative estimate of drug-likeness (QED) is 0.849. The third kappa shape index (κ3) is 3.37. The zero-order valence-corrected chi connectivity index (χ0v) is 12.8. The zero-order chi connectivity index (χ0) is 14.0. The number of benzene rings is 1. The van der Waals surface area contributed by atoms with Gasteiger partial charge in [0.15, 0.2) is 0 Å². The molecule has 2 N–H and O–H groups in total. The molecule has 0 heterocycles. The van der Waals surface area contributed by atoms with Crippen molar-refractivity contribution in [2.45, 2.75) is 58.2 Å². The Kier molecular flexibility index (Phi) is 4.64. The first-order valence-electron chi connectivity index (χ1n) is 7.61. The molecule has 0 spiro atoms. The lowest BCUT2D eigenvalue weighted by molar-refractivity contribution is 0.157. The van der Waals surface area contributed by atoms with Crippen LogP contribution in [-0.2, 0) is 6.42 Å². The van der Waals surface area contributed by atoms with Crippen molar-refractivity contribution in [2.75, 3.05) is 7.05 Å². The molecule has 0 aromatic heterocycles. The second kappa shape index (κ2) is 6.06. The van der Waals surface area contributed by atoms with E-state index >= 15 is 0 Å².